The first-order valence-electron chi connectivity index (χ1n) is 6.04. The van der Waals surface area contributed by atoms with E-state index in [-0.39, 0.29) is 36.4 Å². The van der Waals surface area contributed by atoms with Gasteiger partial charge in [0.15, 0.2) is 0 Å². The zero-order chi connectivity index (χ0) is 15.1. The molecule has 8 heteroatoms. The van der Waals surface area contributed by atoms with Crippen LogP contribution in [-0.2, 0) is 9.47 Å². The van der Waals surface area contributed by atoms with Gasteiger partial charge in [0.2, 0.25) is 5.01 Å². The second kappa shape index (κ2) is 7.93. The fourth-order valence-corrected chi connectivity index (χ4v) is 2.18. The number of amides is 1. The Morgan fingerprint density at radius 2 is 2.25 bits per heavy atom. The number of aromatic nitrogens is 1. The van der Waals surface area contributed by atoms with Gasteiger partial charge in [-0.2, -0.15) is 0 Å². The second-order valence-electron chi connectivity index (χ2n) is 4.05. The van der Waals surface area contributed by atoms with Gasteiger partial charge in [-0.15, -0.1) is 11.3 Å². The third kappa shape index (κ3) is 4.55. The summed E-state index contributed by atoms with van der Waals surface area (Å²) in [6.07, 6.45) is -0.767. The van der Waals surface area contributed by atoms with Gasteiger partial charge in [0.25, 0.3) is 5.91 Å². The molecule has 20 heavy (non-hydrogen) atoms. The number of rotatable bonds is 7. The van der Waals surface area contributed by atoms with Crippen molar-refractivity contribution < 1.29 is 24.2 Å². The van der Waals surface area contributed by atoms with Crippen molar-refractivity contribution in [3.05, 3.63) is 16.1 Å². The number of esters is 1. The van der Waals surface area contributed by atoms with Crippen LogP contribution in [0, 0.1) is 0 Å². The average molecular weight is 302 g/mol. The molecule has 1 N–H and O–H groups in total. The highest BCUT2D eigenvalue weighted by molar-refractivity contribution is 7.11. The molecule has 1 aromatic heterocycles. The van der Waals surface area contributed by atoms with Crippen molar-refractivity contribution in [1.82, 2.24) is 9.88 Å². The van der Waals surface area contributed by atoms with Gasteiger partial charge in [-0.05, 0) is 6.92 Å². The highest BCUT2D eigenvalue weighted by atomic mass is 32.1. The van der Waals surface area contributed by atoms with E-state index in [0.29, 0.717) is 0 Å². The van der Waals surface area contributed by atoms with E-state index < -0.39 is 12.1 Å². The molecule has 0 aliphatic carbocycles. The molecule has 0 saturated carbocycles. The molecule has 0 aliphatic rings. The Labute approximate surface area is 121 Å². The number of hydrogen-bond donors (Lipinski definition) is 1. The van der Waals surface area contributed by atoms with E-state index in [1.165, 1.54) is 17.4 Å². The number of carbonyl (C=O) groups is 2. The molecule has 0 aromatic carbocycles. The van der Waals surface area contributed by atoms with Crippen LogP contribution >= 0.6 is 11.3 Å². The average Bonchev–Trinajstić information content (AvgIpc) is 2.87. The van der Waals surface area contributed by atoms with Gasteiger partial charge in [0.1, 0.15) is 5.69 Å². The summed E-state index contributed by atoms with van der Waals surface area (Å²) in [5.74, 6) is -0.912. The van der Waals surface area contributed by atoms with E-state index in [1.54, 1.807) is 14.0 Å². The predicted molar refractivity (Wildman–Crippen MR) is 72.9 cm³/mol. The molecule has 1 unspecified atom stereocenters. The summed E-state index contributed by atoms with van der Waals surface area (Å²) in [6.45, 7) is 2.22. The van der Waals surface area contributed by atoms with Crippen molar-refractivity contribution in [2.75, 3.05) is 33.9 Å². The molecule has 0 aliphatic heterocycles. The van der Waals surface area contributed by atoms with Crippen LogP contribution in [0.25, 0.3) is 0 Å². The molecular formula is C12H18N2O5S. The van der Waals surface area contributed by atoms with Crippen LogP contribution in [0.2, 0.25) is 0 Å². The standard InChI is InChI=1S/C12H18N2O5S/c1-4-19-12(17)10-13-9(7-20-10)11(16)14(2)5-8(15)6-18-3/h7-8,15H,4-6H2,1-3H3. The molecule has 1 amide bonds. The molecule has 1 heterocycles. The minimum atomic E-state index is -0.767. The van der Waals surface area contributed by atoms with Crippen molar-refractivity contribution in [2.45, 2.75) is 13.0 Å². The maximum absolute atomic E-state index is 12.0. The van der Waals surface area contributed by atoms with Crippen LogP contribution in [0.15, 0.2) is 5.38 Å². The van der Waals surface area contributed by atoms with E-state index >= 15 is 0 Å². The first-order chi connectivity index (χ1) is 9.49. The molecule has 0 saturated heterocycles. The summed E-state index contributed by atoms with van der Waals surface area (Å²) in [7, 11) is 3.02. The van der Waals surface area contributed by atoms with E-state index in [0.717, 1.165) is 11.3 Å². The van der Waals surface area contributed by atoms with Crippen molar-refractivity contribution in [3.63, 3.8) is 0 Å². The summed E-state index contributed by atoms with van der Waals surface area (Å²) in [5, 5.41) is 11.2. The van der Waals surface area contributed by atoms with E-state index in [9.17, 15) is 14.7 Å². The Morgan fingerprint density at radius 3 is 2.85 bits per heavy atom. The van der Waals surface area contributed by atoms with E-state index in [1.807, 2.05) is 0 Å². The molecular weight excluding hydrogens is 284 g/mol. The van der Waals surface area contributed by atoms with Crippen molar-refractivity contribution >= 4 is 23.2 Å². The number of thiazole rings is 1. The Morgan fingerprint density at radius 1 is 1.55 bits per heavy atom. The number of aliphatic hydroxyl groups excluding tert-OH is 1. The van der Waals surface area contributed by atoms with Crippen LogP contribution in [0.5, 0.6) is 0 Å². The van der Waals surface area contributed by atoms with Gasteiger partial charge in [0.05, 0.1) is 19.3 Å². The Hall–Kier alpha value is -1.51. The first-order valence-corrected chi connectivity index (χ1v) is 6.92. The lowest BCUT2D eigenvalue weighted by Crippen LogP contribution is -2.36. The zero-order valence-electron chi connectivity index (χ0n) is 11.7. The maximum Gasteiger partial charge on any atom is 0.367 e. The fourth-order valence-electron chi connectivity index (χ4n) is 1.50. The number of aliphatic hydroxyl groups is 1. The predicted octanol–water partition coefficient (Wildman–Crippen LogP) is 0.399. The smallest absolute Gasteiger partial charge is 0.367 e. The Balaban J connectivity index is 2.65. The van der Waals surface area contributed by atoms with Crippen molar-refractivity contribution in [1.29, 1.82) is 0 Å². The zero-order valence-corrected chi connectivity index (χ0v) is 12.5. The molecule has 112 valence electrons. The van der Waals surface area contributed by atoms with Crippen LogP contribution in [0.4, 0.5) is 0 Å². The summed E-state index contributed by atoms with van der Waals surface area (Å²) >= 11 is 1.05. The fraction of sp³-hybridized carbons (Fsp3) is 0.583. The highest BCUT2D eigenvalue weighted by Gasteiger charge is 2.20. The third-order valence-electron chi connectivity index (χ3n) is 2.36. The molecule has 1 rings (SSSR count). The number of ether oxygens (including phenoxy) is 2. The number of carbonyl (C=O) groups excluding carboxylic acids is 2. The maximum atomic E-state index is 12.0. The Kier molecular flexibility index (Phi) is 6.56. The van der Waals surface area contributed by atoms with Crippen LogP contribution < -0.4 is 0 Å². The lowest BCUT2D eigenvalue weighted by atomic mass is 10.3. The molecule has 1 atom stereocenters. The molecule has 0 fully saturated rings. The minimum absolute atomic E-state index is 0.124. The topological polar surface area (TPSA) is 89.0 Å². The summed E-state index contributed by atoms with van der Waals surface area (Å²) < 4.78 is 9.60. The van der Waals surface area contributed by atoms with Crippen LogP contribution in [0.3, 0.4) is 0 Å². The van der Waals surface area contributed by atoms with Gasteiger partial charge in [0, 0.05) is 26.1 Å². The van der Waals surface area contributed by atoms with E-state index in [4.69, 9.17) is 9.47 Å². The van der Waals surface area contributed by atoms with Crippen molar-refractivity contribution in [2.24, 2.45) is 0 Å². The second-order valence-corrected chi connectivity index (χ2v) is 4.91. The van der Waals surface area contributed by atoms with Crippen LogP contribution in [0.1, 0.15) is 27.2 Å². The largest absolute Gasteiger partial charge is 0.461 e. The van der Waals surface area contributed by atoms with Crippen LogP contribution in [-0.4, -0.2) is 66.9 Å². The molecule has 7 nitrogen and oxygen atoms in total. The van der Waals surface area contributed by atoms with E-state index in [2.05, 4.69) is 4.98 Å². The van der Waals surface area contributed by atoms with Gasteiger partial charge in [-0.25, -0.2) is 9.78 Å². The van der Waals surface area contributed by atoms with Gasteiger partial charge >= 0.3 is 5.97 Å². The summed E-state index contributed by atoms with van der Waals surface area (Å²) in [6, 6.07) is 0. The normalized spacial score (nSPS) is 12.0. The number of hydrogen-bond acceptors (Lipinski definition) is 7. The monoisotopic (exact) mass is 302 g/mol. The van der Waals surface area contributed by atoms with Crippen molar-refractivity contribution in [3.8, 4) is 0 Å². The number of nitrogens with zero attached hydrogens (tertiary/aromatic N) is 2. The first kappa shape index (κ1) is 16.5. The summed E-state index contributed by atoms with van der Waals surface area (Å²) in [5.41, 5.74) is 0.158. The molecule has 1 aromatic rings. The SMILES string of the molecule is CCOC(=O)c1nc(C(=O)N(C)CC(O)COC)cs1. The quantitative estimate of drug-likeness (QED) is 0.733. The summed E-state index contributed by atoms with van der Waals surface area (Å²) in [4.78, 5) is 28.8. The number of likely N-dealkylation sites (N-methyl/N-ethyl adjacent to an activating group) is 1. The Bertz CT molecular complexity index is 462. The lowest BCUT2D eigenvalue weighted by Gasteiger charge is -2.19. The highest BCUT2D eigenvalue weighted by Crippen LogP contribution is 2.13. The minimum Gasteiger partial charge on any atom is -0.461 e. The number of methoxy groups -OCH3 is 1. The van der Waals surface area contributed by atoms with Gasteiger partial charge < -0.3 is 19.5 Å². The molecule has 0 bridgehead atoms. The lowest BCUT2D eigenvalue weighted by molar-refractivity contribution is 0.0378. The van der Waals surface area contributed by atoms with Gasteiger partial charge in [-0.1, -0.05) is 0 Å². The van der Waals surface area contributed by atoms with Gasteiger partial charge in [-0.3, -0.25) is 4.79 Å². The molecule has 0 radical (unpaired) electrons. The molecule has 0 spiro atoms. The third-order valence-corrected chi connectivity index (χ3v) is 3.19.